The molecule has 0 spiro atoms. The normalized spacial score (nSPS) is 10.7. The maximum Gasteiger partial charge on any atom is 0.311 e. The van der Waals surface area contributed by atoms with E-state index in [2.05, 4.69) is 9.72 Å². The molecular weight excluding hydrogens is 259 g/mol. The predicted octanol–water partition coefficient (Wildman–Crippen LogP) is 2.61. The van der Waals surface area contributed by atoms with Crippen LogP contribution in [0.4, 0.5) is 13.2 Å². The van der Waals surface area contributed by atoms with Crippen LogP contribution in [0, 0.1) is 5.82 Å². The molecule has 0 saturated carbocycles. The Morgan fingerprint density at radius 3 is 2.71 bits per heavy atom. The van der Waals surface area contributed by atoms with E-state index in [0.717, 1.165) is 13.3 Å². The third kappa shape index (κ3) is 3.09. The van der Waals surface area contributed by atoms with E-state index in [4.69, 9.17) is 11.6 Å². The third-order valence-corrected chi connectivity index (χ3v) is 2.40. The van der Waals surface area contributed by atoms with Crippen molar-refractivity contribution in [2.45, 2.75) is 18.7 Å². The summed E-state index contributed by atoms with van der Waals surface area (Å²) < 4.78 is 43.0. The number of halogens is 4. The summed E-state index contributed by atoms with van der Waals surface area (Å²) >= 11 is 5.41. The van der Waals surface area contributed by atoms with Gasteiger partial charge in [-0.2, -0.15) is 0 Å². The van der Waals surface area contributed by atoms with Crippen LogP contribution < -0.4 is 0 Å². The Kier molecular flexibility index (Phi) is 4.74. The average Bonchev–Trinajstić information content (AvgIpc) is 2.30. The van der Waals surface area contributed by atoms with Crippen LogP contribution >= 0.6 is 11.6 Å². The molecule has 17 heavy (non-hydrogen) atoms. The van der Waals surface area contributed by atoms with Gasteiger partial charge in [0.25, 0.3) is 6.43 Å². The van der Waals surface area contributed by atoms with Gasteiger partial charge in [-0.3, -0.25) is 9.78 Å². The Hall–Kier alpha value is -1.30. The summed E-state index contributed by atoms with van der Waals surface area (Å²) in [4.78, 5) is 14.4. The zero-order chi connectivity index (χ0) is 13.0. The average molecular weight is 268 g/mol. The van der Waals surface area contributed by atoms with Crippen LogP contribution in [0.3, 0.4) is 0 Å². The summed E-state index contributed by atoms with van der Waals surface area (Å²) in [5.74, 6) is -2.10. The minimum Gasteiger partial charge on any atom is -0.469 e. The van der Waals surface area contributed by atoms with Crippen molar-refractivity contribution < 1.29 is 22.7 Å². The van der Waals surface area contributed by atoms with Gasteiger partial charge in [-0.15, -0.1) is 11.6 Å². The molecule has 1 heterocycles. The number of nitrogens with zero attached hydrogens (tertiary/aromatic N) is 1. The summed E-state index contributed by atoms with van der Waals surface area (Å²) in [6.45, 7) is 0. The number of carbonyl (C=O) groups is 1. The van der Waals surface area contributed by atoms with E-state index in [1.165, 1.54) is 0 Å². The minimum absolute atomic E-state index is 0.253. The van der Waals surface area contributed by atoms with Crippen molar-refractivity contribution in [1.82, 2.24) is 4.98 Å². The van der Waals surface area contributed by atoms with Crippen LogP contribution in [0.5, 0.6) is 0 Å². The zero-order valence-electron chi connectivity index (χ0n) is 8.84. The summed E-state index contributed by atoms with van der Waals surface area (Å²) in [6, 6.07) is 0. The molecule has 0 amide bonds. The molecule has 7 heteroatoms. The molecule has 0 aromatic carbocycles. The lowest BCUT2D eigenvalue weighted by Gasteiger charge is -2.10. The second kappa shape index (κ2) is 5.86. The van der Waals surface area contributed by atoms with Gasteiger partial charge in [-0.05, 0) is 0 Å². The smallest absolute Gasteiger partial charge is 0.311 e. The Balaban J connectivity index is 3.15. The molecule has 0 N–H and O–H groups in total. The first-order valence-corrected chi connectivity index (χ1v) is 5.11. The fourth-order valence-corrected chi connectivity index (χ4v) is 1.51. The van der Waals surface area contributed by atoms with Crippen molar-refractivity contribution in [3.8, 4) is 0 Å². The number of carbonyl (C=O) groups excluding carboxylic acids is 1. The lowest BCUT2D eigenvalue weighted by molar-refractivity contribution is -0.139. The van der Waals surface area contributed by atoms with Crippen molar-refractivity contribution in [1.29, 1.82) is 0 Å². The number of hydrogen-bond donors (Lipinski definition) is 0. The van der Waals surface area contributed by atoms with Crippen molar-refractivity contribution in [3.63, 3.8) is 0 Å². The first-order valence-electron chi connectivity index (χ1n) is 4.58. The molecule has 1 aromatic rings. The number of methoxy groups -OCH3 is 1. The summed E-state index contributed by atoms with van der Waals surface area (Å²) in [7, 11) is 1.14. The van der Waals surface area contributed by atoms with Crippen LogP contribution in [-0.2, 0) is 21.8 Å². The number of rotatable bonds is 4. The van der Waals surface area contributed by atoms with Crippen molar-refractivity contribution >= 4 is 17.6 Å². The van der Waals surface area contributed by atoms with Gasteiger partial charge in [0.1, 0.15) is 5.82 Å². The van der Waals surface area contributed by atoms with Crippen LogP contribution in [0.2, 0.25) is 0 Å². The maximum absolute atomic E-state index is 13.7. The number of aromatic nitrogens is 1. The van der Waals surface area contributed by atoms with E-state index < -0.39 is 36.1 Å². The van der Waals surface area contributed by atoms with Gasteiger partial charge in [0.05, 0.1) is 25.1 Å². The number of esters is 1. The molecule has 0 aliphatic rings. The summed E-state index contributed by atoms with van der Waals surface area (Å²) in [5.41, 5.74) is -1.15. The lowest BCUT2D eigenvalue weighted by atomic mass is 10.1. The summed E-state index contributed by atoms with van der Waals surface area (Å²) in [6.07, 6.45) is -2.46. The Bertz CT molecular complexity index is 426. The minimum atomic E-state index is -2.86. The summed E-state index contributed by atoms with van der Waals surface area (Å²) in [5, 5.41) is 0. The first kappa shape index (κ1) is 13.8. The number of hydrogen-bond acceptors (Lipinski definition) is 3. The van der Waals surface area contributed by atoms with Gasteiger partial charge in [-0.25, -0.2) is 13.2 Å². The highest BCUT2D eigenvalue weighted by molar-refractivity contribution is 6.17. The second-order valence-corrected chi connectivity index (χ2v) is 3.41. The molecular formula is C10H9ClF3NO2. The number of ether oxygens (including phenoxy) is 1. The van der Waals surface area contributed by atoms with E-state index in [0.29, 0.717) is 0 Å². The SMILES string of the molecule is COC(=O)Cc1ncc(C(F)F)c(CCl)c1F. The topological polar surface area (TPSA) is 39.2 Å². The highest BCUT2D eigenvalue weighted by atomic mass is 35.5. The highest BCUT2D eigenvalue weighted by Crippen LogP contribution is 2.27. The van der Waals surface area contributed by atoms with E-state index in [1.54, 1.807) is 0 Å². The zero-order valence-corrected chi connectivity index (χ0v) is 9.60. The molecule has 0 fully saturated rings. The molecule has 0 radical (unpaired) electrons. The van der Waals surface area contributed by atoms with Crippen molar-refractivity contribution in [2.24, 2.45) is 0 Å². The predicted molar refractivity (Wildman–Crippen MR) is 54.4 cm³/mol. The standard InChI is InChI=1S/C10H9ClF3NO2/c1-17-8(16)2-7-9(12)5(3-11)6(4-15-7)10(13)14/h4,10H,2-3H2,1H3. The molecule has 1 rings (SSSR count). The van der Waals surface area contributed by atoms with Crippen LogP contribution in [0.25, 0.3) is 0 Å². The Labute approximate surface area is 101 Å². The lowest BCUT2D eigenvalue weighted by Crippen LogP contribution is -2.11. The Morgan fingerprint density at radius 2 is 2.24 bits per heavy atom. The monoisotopic (exact) mass is 267 g/mol. The molecule has 0 aliphatic carbocycles. The number of pyridine rings is 1. The quantitative estimate of drug-likeness (QED) is 0.622. The first-order chi connectivity index (χ1) is 8.01. The molecule has 1 aromatic heterocycles. The van der Waals surface area contributed by atoms with E-state index in [-0.39, 0.29) is 11.3 Å². The van der Waals surface area contributed by atoms with E-state index >= 15 is 0 Å². The molecule has 0 saturated heterocycles. The second-order valence-electron chi connectivity index (χ2n) is 3.14. The molecule has 0 unspecified atom stereocenters. The van der Waals surface area contributed by atoms with Gasteiger partial charge < -0.3 is 4.74 Å². The van der Waals surface area contributed by atoms with Crippen molar-refractivity contribution in [3.05, 3.63) is 28.8 Å². The molecule has 0 atom stereocenters. The molecule has 94 valence electrons. The van der Waals surface area contributed by atoms with Gasteiger partial charge in [0.15, 0.2) is 0 Å². The van der Waals surface area contributed by atoms with Crippen LogP contribution in [0.1, 0.15) is 23.2 Å². The van der Waals surface area contributed by atoms with Gasteiger partial charge >= 0.3 is 5.97 Å². The third-order valence-electron chi connectivity index (χ3n) is 2.13. The maximum atomic E-state index is 13.7. The van der Waals surface area contributed by atoms with Gasteiger partial charge in [0.2, 0.25) is 0 Å². The molecule has 0 bridgehead atoms. The van der Waals surface area contributed by atoms with E-state index in [1.807, 2.05) is 0 Å². The van der Waals surface area contributed by atoms with Crippen molar-refractivity contribution in [2.75, 3.05) is 7.11 Å². The van der Waals surface area contributed by atoms with Gasteiger partial charge in [-0.1, -0.05) is 0 Å². The number of alkyl halides is 3. The largest absolute Gasteiger partial charge is 0.469 e. The van der Waals surface area contributed by atoms with E-state index in [9.17, 15) is 18.0 Å². The van der Waals surface area contributed by atoms with Gasteiger partial charge in [0, 0.05) is 17.3 Å². The highest BCUT2D eigenvalue weighted by Gasteiger charge is 2.21. The fraction of sp³-hybridized carbons (Fsp3) is 0.400. The van der Waals surface area contributed by atoms with Crippen LogP contribution in [-0.4, -0.2) is 18.1 Å². The molecule has 0 aliphatic heterocycles. The van der Waals surface area contributed by atoms with Crippen LogP contribution in [0.15, 0.2) is 6.20 Å². The Morgan fingerprint density at radius 1 is 1.59 bits per heavy atom. The fourth-order valence-electron chi connectivity index (χ4n) is 1.24. The molecule has 3 nitrogen and oxygen atoms in total.